The van der Waals surface area contributed by atoms with Gasteiger partial charge in [-0.1, -0.05) is 31.5 Å². The van der Waals surface area contributed by atoms with Crippen molar-refractivity contribution in [1.29, 1.82) is 0 Å². The first-order valence-corrected chi connectivity index (χ1v) is 9.89. The van der Waals surface area contributed by atoms with Gasteiger partial charge >= 0.3 is 0 Å². The van der Waals surface area contributed by atoms with Gasteiger partial charge in [0.25, 0.3) is 5.91 Å². The van der Waals surface area contributed by atoms with E-state index in [2.05, 4.69) is 5.32 Å². The van der Waals surface area contributed by atoms with Gasteiger partial charge in [-0.05, 0) is 42.8 Å². The Hall–Kier alpha value is -1.96. The van der Waals surface area contributed by atoms with Crippen molar-refractivity contribution in [2.45, 2.75) is 25.7 Å². The molecule has 0 spiro atoms. The number of amides is 1. The Morgan fingerprint density at radius 1 is 1.15 bits per heavy atom. The molecule has 1 amide bonds. The summed E-state index contributed by atoms with van der Waals surface area (Å²) in [5, 5.41) is 2.71. The molecular weight excluding hydrogens is 379 g/mol. The first-order chi connectivity index (χ1) is 12.2. The Balaban J connectivity index is 2.41. The standard InChI is InChI=1S/C18H20ClFN2O3S/c1-4-22(5-2)26(24,25)14-8-6-12(3)15(11-14)18(23)21-17-10-13(19)7-9-16(17)20/h6-11H,4-5H2,1-3H3,(H,21,23). The molecule has 0 aliphatic rings. The van der Waals surface area contributed by atoms with Crippen molar-refractivity contribution in [3.8, 4) is 0 Å². The molecule has 0 saturated heterocycles. The topological polar surface area (TPSA) is 66.5 Å². The van der Waals surface area contributed by atoms with Crippen LogP contribution in [-0.4, -0.2) is 31.7 Å². The Kier molecular flexibility index (Phi) is 6.39. The van der Waals surface area contributed by atoms with Gasteiger partial charge in [0.15, 0.2) is 0 Å². The summed E-state index contributed by atoms with van der Waals surface area (Å²) in [6.07, 6.45) is 0. The molecule has 26 heavy (non-hydrogen) atoms. The first kappa shape index (κ1) is 20.4. The van der Waals surface area contributed by atoms with Crippen molar-refractivity contribution < 1.29 is 17.6 Å². The Morgan fingerprint density at radius 3 is 2.42 bits per heavy atom. The molecule has 2 rings (SSSR count). The maximum absolute atomic E-state index is 13.8. The normalized spacial score (nSPS) is 11.6. The van der Waals surface area contributed by atoms with E-state index >= 15 is 0 Å². The van der Waals surface area contributed by atoms with Gasteiger partial charge in [-0.25, -0.2) is 12.8 Å². The number of rotatable bonds is 6. The molecule has 0 radical (unpaired) electrons. The zero-order chi connectivity index (χ0) is 19.5. The number of sulfonamides is 1. The number of halogens is 2. The van der Waals surface area contributed by atoms with Gasteiger partial charge in [0, 0.05) is 23.7 Å². The van der Waals surface area contributed by atoms with Gasteiger partial charge in [0.1, 0.15) is 5.82 Å². The van der Waals surface area contributed by atoms with Gasteiger partial charge in [0.05, 0.1) is 10.6 Å². The van der Waals surface area contributed by atoms with Crippen LogP contribution in [-0.2, 0) is 10.0 Å². The van der Waals surface area contributed by atoms with Crippen LogP contribution in [0.3, 0.4) is 0 Å². The molecule has 0 bridgehead atoms. The van der Waals surface area contributed by atoms with Crippen molar-refractivity contribution in [1.82, 2.24) is 4.31 Å². The summed E-state index contributed by atoms with van der Waals surface area (Å²) in [5.41, 5.74) is 0.653. The van der Waals surface area contributed by atoms with E-state index in [9.17, 15) is 17.6 Å². The number of aryl methyl sites for hydroxylation is 1. The summed E-state index contributed by atoms with van der Waals surface area (Å²) in [6, 6.07) is 8.13. The molecule has 1 N–H and O–H groups in total. The summed E-state index contributed by atoms with van der Waals surface area (Å²) < 4.78 is 40.4. The molecule has 8 heteroatoms. The Bertz CT molecular complexity index is 928. The molecule has 140 valence electrons. The van der Waals surface area contributed by atoms with Crippen LogP contribution >= 0.6 is 11.6 Å². The molecule has 0 atom stereocenters. The van der Waals surface area contributed by atoms with E-state index in [4.69, 9.17) is 11.6 Å². The summed E-state index contributed by atoms with van der Waals surface area (Å²) in [7, 11) is -3.70. The molecule has 2 aromatic rings. The highest BCUT2D eigenvalue weighted by molar-refractivity contribution is 7.89. The van der Waals surface area contributed by atoms with Crippen molar-refractivity contribution >= 4 is 33.2 Å². The monoisotopic (exact) mass is 398 g/mol. The number of nitrogens with zero attached hydrogens (tertiary/aromatic N) is 1. The average Bonchev–Trinajstić information content (AvgIpc) is 2.59. The van der Waals surface area contributed by atoms with Crippen LogP contribution in [0.2, 0.25) is 5.02 Å². The lowest BCUT2D eigenvalue weighted by molar-refractivity contribution is 0.102. The van der Waals surface area contributed by atoms with E-state index in [1.54, 1.807) is 26.8 Å². The lowest BCUT2D eigenvalue weighted by atomic mass is 10.1. The van der Waals surface area contributed by atoms with Gasteiger partial charge in [-0.2, -0.15) is 4.31 Å². The zero-order valence-electron chi connectivity index (χ0n) is 14.7. The van der Waals surface area contributed by atoms with Crippen molar-refractivity contribution in [3.63, 3.8) is 0 Å². The number of benzene rings is 2. The van der Waals surface area contributed by atoms with E-state index < -0.39 is 21.7 Å². The van der Waals surface area contributed by atoms with Crippen molar-refractivity contribution in [2.75, 3.05) is 18.4 Å². The second-order valence-corrected chi connectivity index (χ2v) is 8.02. The highest BCUT2D eigenvalue weighted by atomic mass is 35.5. The summed E-state index contributed by atoms with van der Waals surface area (Å²) in [5.74, 6) is -1.24. The third kappa shape index (κ3) is 4.23. The molecule has 0 aliphatic carbocycles. The van der Waals surface area contributed by atoms with Crippen LogP contribution in [0, 0.1) is 12.7 Å². The second kappa shape index (κ2) is 8.16. The minimum atomic E-state index is -3.70. The third-order valence-corrected chi connectivity index (χ3v) is 6.25. The minimum absolute atomic E-state index is 0.0171. The fourth-order valence-electron chi connectivity index (χ4n) is 2.50. The number of hydrogen-bond acceptors (Lipinski definition) is 3. The van der Waals surface area contributed by atoms with E-state index in [0.29, 0.717) is 18.7 Å². The molecule has 0 aromatic heterocycles. The molecule has 2 aromatic carbocycles. The fraction of sp³-hybridized carbons (Fsp3) is 0.278. The smallest absolute Gasteiger partial charge is 0.256 e. The average molecular weight is 399 g/mol. The number of carbonyl (C=O) groups is 1. The van der Waals surface area contributed by atoms with Crippen LogP contribution in [0.15, 0.2) is 41.3 Å². The third-order valence-electron chi connectivity index (χ3n) is 3.97. The summed E-state index contributed by atoms with van der Waals surface area (Å²) in [6.45, 7) is 5.80. The van der Waals surface area contributed by atoms with Crippen molar-refractivity contribution in [2.24, 2.45) is 0 Å². The predicted molar refractivity (Wildman–Crippen MR) is 101 cm³/mol. The minimum Gasteiger partial charge on any atom is -0.319 e. The lowest BCUT2D eigenvalue weighted by Crippen LogP contribution is -2.30. The van der Waals surface area contributed by atoms with Crippen LogP contribution in [0.25, 0.3) is 0 Å². The Morgan fingerprint density at radius 2 is 1.81 bits per heavy atom. The van der Waals surface area contributed by atoms with Crippen LogP contribution in [0.1, 0.15) is 29.8 Å². The molecule has 0 fully saturated rings. The quantitative estimate of drug-likeness (QED) is 0.797. The van der Waals surface area contributed by atoms with Crippen LogP contribution in [0.4, 0.5) is 10.1 Å². The maximum atomic E-state index is 13.8. The molecule has 0 aliphatic heterocycles. The van der Waals surface area contributed by atoms with E-state index in [-0.39, 0.29) is 21.2 Å². The highest BCUT2D eigenvalue weighted by Crippen LogP contribution is 2.23. The van der Waals surface area contributed by atoms with Gasteiger partial charge in [-0.15, -0.1) is 0 Å². The van der Waals surface area contributed by atoms with Crippen molar-refractivity contribution in [3.05, 3.63) is 58.4 Å². The van der Waals surface area contributed by atoms with Crippen LogP contribution < -0.4 is 5.32 Å². The van der Waals surface area contributed by atoms with Gasteiger partial charge in [0.2, 0.25) is 10.0 Å². The highest BCUT2D eigenvalue weighted by Gasteiger charge is 2.23. The summed E-state index contributed by atoms with van der Waals surface area (Å²) >= 11 is 5.83. The molecule has 5 nitrogen and oxygen atoms in total. The molecule has 0 heterocycles. The number of hydrogen-bond donors (Lipinski definition) is 1. The lowest BCUT2D eigenvalue weighted by Gasteiger charge is -2.19. The zero-order valence-corrected chi connectivity index (χ0v) is 16.3. The first-order valence-electron chi connectivity index (χ1n) is 8.07. The fourth-order valence-corrected chi connectivity index (χ4v) is 4.16. The number of anilines is 1. The predicted octanol–water partition coefficient (Wildman–Crippen LogP) is 4.07. The largest absolute Gasteiger partial charge is 0.319 e. The Labute approximate surface area is 157 Å². The summed E-state index contributed by atoms with van der Waals surface area (Å²) in [4.78, 5) is 12.6. The van der Waals surface area contributed by atoms with Gasteiger partial charge < -0.3 is 5.32 Å². The number of nitrogens with one attached hydrogen (secondary N) is 1. The SMILES string of the molecule is CCN(CC)S(=O)(=O)c1ccc(C)c(C(=O)Nc2cc(Cl)ccc2F)c1. The second-order valence-electron chi connectivity index (χ2n) is 5.64. The van der Waals surface area contributed by atoms with E-state index in [1.807, 2.05) is 0 Å². The molecular formula is C18H20ClFN2O3S. The van der Waals surface area contributed by atoms with E-state index in [1.165, 1.54) is 28.6 Å². The van der Waals surface area contributed by atoms with E-state index in [0.717, 1.165) is 6.07 Å². The number of carbonyl (C=O) groups excluding carboxylic acids is 1. The molecule has 0 unspecified atom stereocenters. The van der Waals surface area contributed by atoms with Crippen LogP contribution in [0.5, 0.6) is 0 Å². The molecule has 0 saturated carbocycles. The maximum Gasteiger partial charge on any atom is 0.256 e. The van der Waals surface area contributed by atoms with Gasteiger partial charge in [-0.3, -0.25) is 4.79 Å².